The lowest BCUT2D eigenvalue weighted by atomic mass is 10.1. The molecule has 2 heteroatoms. The minimum absolute atomic E-state index is 0.817. The first kappa shape index (κ1) is 12.5. The summed E-state index contributed by atoms with van der Waals surface area (Å²) in [5.41, 5.74) is 5.68. The van der Waals surface area contributed by atoms with E-state index in [1.165, 1.54) is 19.3 Å². The van der Waals surface area contributed by atoms with Gasteiger partial charge in [-0.3, -0.25) is 4.99 Å². The van der Waals surface area contributed by atoms with E-state index in [2.05, 4.69) is 25.8 Å². The molecule has 0 radical (unpaired) electrons. The number of nitrogens with zero attached hydrogens (tertiary/aromatic N) is 1. The van der Waals surface area contributed by atoms with Crippen LogP contribution in [0.2, 0.25) is 0 Å². The fourth-order valence-corrected chi connectivity index (χ4v) is 1.22. The van der Waals surface area contributed by atoms with Gasteiger partial charge in [0.2, 0.25) is 0 Å². The highest BCUT2D eigenvalue weighted by molar-refractivity contribution is 5.80. The van der Waals surface area contributed by atoms with Gasteiger partial charge in [-0.25, -0.2) is 0 Å². The van der Waals surface area contributed by atoms with Gasteiger partial charge < -0.3 is 5.73 Å². The maximum Gasteiger partial charge on any atom is 0.0936 e. The molecule has 0 saturated carbocycles. The summed E-state index contributed by atoms with van der Waals surface area (Å²) in [6.45, 7) is 7.56. The summed E-state index contributed by atoms with van der Waals surface area (Å²) in [5.74, 6) is 1.64. The number of rotatable bonds is 7. The molecule has 13 heavy (non-hydrogen) atoms. The van der Waals surface area contributed by atoms with Crippen LogP contribution < -0.4 is 5.73 Å². The van der Waals surface area contributed by atoms with Crippen LogP contribution in [0.3, 0.4) is 0 Å². The predicted octanol–water partition coefficient (Wildman–Crippen LogP) is 2.97. The number of hydrogen-bond donors (Lipinski definition) is 1. The molecule has 0 spiro atoms. The molecular weight excluding hydrogens is 160 g/mol. The van der Waals surface area contributed by atoms with E-state index in [-0.39, 0.29) is 0 Å². The first-order valence-corrected chi connectivity index (χ1v) is 5.45. The average Bonchev–Trinajstić information content (AvgIpc) is 2.03. The predicted molar refractivity (Wildman–Crippen MR) is 60.1 cm³/mol. The molecule has 0 fully saturated rings. The molecule has 78 valence electrons. The lowest BCUT2D eigenvalue weighted by Crippen LogP contribution is -2.11. The van der Waals surface area contributed by atoms with Gasteiger partial charge in [0.1, 0.15) is 0 Å². The zero-order chi connectivity index (χ0) is 10.1. The minimum atomic E-state index is 0.817. The number of nitrogens with two attached hydrogens (primary N) is 1. The van der Waals surface area contributed by atoms with Crippen molar-refractivity contribution in [3.8, 4) is 0 Å². The Balaban J connectivity index is 3.28. The third-order valence-corrected chi connectivity index (χ3v) is 2.01. The van der Waals surface area contributed by atoms with E-state index >= 15 is 0 Å². The van der Waals surface area contributed by atoms with E-state index in [4.69, 9.17) is 5.73 Å². The van der Waals surface area contributed by atoms with Crippen LogP contribution in [0, 0.1) is 5.92 Å². The molecule has 0 aliphatic carbocycles. The summed E-state index contributed by atoms with van der Waals surface area (Å²) >= 11 is 0. The van der Waals surface area contributed by atoms with Crippen molar-refractivity contribution in [1.29, 1.82) is 0 Å². The van der Waals surface area contributed by atoms with E-state index in [9.17, 15) is 0 Å². The second kappa shape index (κ2) is 8.09. The zero-order valence-corrected chi connectivity index (χ0v) is 9.34. The Morgan fingerprint density at radius 2 is 2.00 bits per heavy atom. The molecule has 2 nitrogen and oxygen atoms in total. The summed E-state index contributed by atoms with van der Waals surface area (Å²) < 4.78 is 0. The molecule has 0 aliphatic heterocycles. The van der Waals surface area contributed by atoms with Crippen LogP contribution in [0.25, 0.3) is 0 Å². The van der Waals surface area contributed by atoms with E-state index in [1.807, 2.05) is 0 Å². The van der Waals surface area contributed by atoms with Crippen molar-refractivity contribution in [2.24, 2.45) is 16.6 Å². The number of aliphatic imine (C=N–C) groups is 1. The van der Waals surface area contributed by atoms with E-state index in [1.54, 1.807) is 0 Å². The highest BCUT2D eigenvalue weighted by atomic mass is 14.8. The topological polar surface area (TPSA) is 38.4 Å². The van der Waals surface area contributed by atoms with Crippen molar-refractivity contribution in [3.05, 3.63) is 0 Å². The molecular formula is C11H24N2. The third kappa shape index (κ3) is 9.38. The fourth-order valence-electron chi connectivity index (χ4n) is 1.22. The van der Waals surface area contributed by atoms with Crippen LogP contribution in [0.15, 0.2) is 4.99 Å². The number of amidine groups is 1. The molecule has 0 atom stereocenters. The quantitative estimate of drug-likeness (QED) is 0.369. The Kier molecular flexibility index (Phi) is 7.76. The maximum atomic E-state index is 5.68. The number of hydrogen-bond acceptors (Lipinski definition) is 1. The summed E-state index contributed by atoms with van der Waals surface area (Å²) in [6.07, 6.45) is 5.82. The van der Waals surface area contributed by atoms with Gasteiger partial charge in [0.25, 0.3) is 0 Å². The Morgan fingerprint density at radius 3 is 2.54 bits per heavy atom. The minimum Gasteiger partial charge on any atom is -0.387 e. The Bertz CT molecular complexity index is 139. The molecule has 0 heterocycles. The summed E-state index contributed by atoms with van der Waals surface area (Å²) in [7, 11) is 0. The molecule has 0 aromatic carbocycles. The van der Waals surface area contributed by atoms with Crippen molar-refractivity contribution in [2.45, 2.75) is 52.9 Å². The van der Waals surface area contributed by atoms with Gasteiger partial charge in [-0.1, -0.05) is 33.6 Å². The zero-order valence-electron chi connectivity index (χ0n) is 9.34. The summed E-state index contributed by atoms with van der Waals surface area (Å²) in [4.78, 5) is 4.31. The maximum absolute atomic E-state index is 5.68. The van der Waals surface area contributed by atoms with Crippen molar-refractivity contribution >= 4 is 5.84 Å². The highest BCUT2D eigenvalue weighted by Gasteiger charge is 1.93. The Morgan fingerprint density at radius 1 is 1.31 bits per heavy atom. The number of unbranched alkanes of at least 4 members (excludes halogenated alkanes) is 1. The van der Waals surface area contributed by atoms with Crippen LogP contribution in [0.5, 0.6) is 0 Å². The largest absolute Gasteiger partial charge is 0.387 e. The monoisotopic (exact) mass is 184 g/mol. The standard InChI is InChI=1S/C11H24N2/c1-4-7-11(12)13-9-6-5-8-10(2)3/h10H,4-9H2,1-3H3,(H2,12,13). The summed E-state index contributed by atoms with van der Waals surface area (Å²) in [6, 6.07) is 0. The Hall–Kier alpha value is -0.530. The SMILES string of the molecule is CCCC(N)=NCCCCC(C)C. The molecule has 0 aromatic heterocycles. The molecule has 0 rings (SSSR count). The summed E-state index contributed by atoms with van der Waals surface area (Å²) in [5, 5.41) is 0. The molecule has 0 unspecified atom stereocenters. The molecule has 0 saturated heterocycles. The van der Waals surface area contributed by atoms with Crippen molar-refractivity contribution in [3.63, 3.8) is 0 Å². The second-order valence-corrected chi connectivity index (χ2v) is 4.01. The van der Waals surface area contributed by atoms with Gasteiger partial charge in [0.05, 0.1) is 5.84 Å². The fraction of sp³-hybridized carbons (Fsp3) is 0.909. The van der Waals surface area contributed by atoms with Crippen molar-refractivity contribution in [1.82, 2.24) is 0 Å². The van der Waals surface area contributed by atoms with E-state index < -0.39 is 0 Å². The van der Waals surface area contributed by atoms with Crippen molar-refractivity contribution < 1.29 is 0 Å². The lowest BCUT2D eigenvalue weighted by Gasteiger charge is -2.02. The highest BCUT2D eigenvalue weighted by Crippen LogP contribution is 2.05. The first-order valence-electron chi connectivity index (χ1n) is 5.45. The normalized spacial score (nSPS) is 12.5. The lowest BCUT2D eigenvalue weighted by molar-refractivity contribution is 0.541. The molecule has 0 bridgehead atoms. The van der Waals surface area contributed by atoms with Crippen LogP contribution in [-0.4, -0.2) is 12.4 Å². The van der Waals surface area contributed by atoms with Gasteiger partial charge in [-0.2, -0.15) is 0 Å². The third-order valence-electron chi connectivity index (χ3n) is 2.01. The van der Waals surface area contributed by atoms with Gasteiger partial charge in [-0.05, 0) is 18.8 Å². The molecule has 2 N–H and O–H groups in total. The van der Waals surface area contributed by atoms with Crippen molar-refractivity contribution in [2.75, 3.05) is 6.54 Å². The first-order chi connectivity index (χ1) is 6.16. The van der Waals surface area contributed by atoms with E-state index in [0.29, 0.717) is 0 Å². The van der Waals surface area contributed by atoms with Gasteiger partial charge in [-0.15, -0.1) is 0 Å². The second-order valence-electron chi connectivity index (χ2n) is 4.01. The van der Waals surface area contributed by atoms with E-state index in [0.717, 1.165) is 31.1 Å². The van der Waals surface area contributed by atoms with Crippen LogP contribution in [-0.2, 0) is 0 Å². The smallest absolute Gasteiger partial charge is 0.0936 e. The Labute approximate surface area is 82.6 Å². The van der Waals surface area contributed by atoms with Gasteiger partial charge in [0.15, 0.2) is 0 Å². The molecule has 0 amide bonds. The molecule has 0 aromatic rings. The average molecular weight is 184 g/mol. The van der Waals surface area contributed by atoms with Gasteiger partial charge >= 0.3 is 0 Å². The molecule has 0 aliphatic rings. The van der Waals surface area contributed by atoms with Crippen LogP contribution in [0.4, 0.5) is 0 Å². The van der Waals surface area contributed by atoms with Crippen LogP contribution >= 0.6 is 0 Å². The van der Waals surface area contributed by atoms with Gasteiger partial charge in [0, 0.05) is 13.0 Å². The van der Waals surface area contributed by atoms with Crippen LogP contribution in [0.1, 0.15) is 52.9 Å².